The van der Waals surface area contributed by atoms with Crippen molar-refractivity contribution in [1.82, 2.24) is 0 Å². The van der Waals surface area contributed by atoms with Gasteiger partial charge in [0.1, 0.15) is 0 Å². The van der Waals surface area contributed by atoms with Gasteiger partial charge in [-0.1, -0.05) is 200 Å². The van der Waals surface area contributed by atoms with Crippen LogP contribution >= 0.6 is 0 Å². The maximum absolute atomic E-state index is 2.47. The molecular formula is C58H36. The molecule has 12 aromatic carbocycles. The van der Waals surface area contributed by atoms with Gasteiger partial charge in [0, 0.05) is 0 Å². The van der Waals surface area contributed by atoms with Crippen molar-refractivity contribution >= 4 is 75.4 Å². The minimum absolute atomic E-state index is 1.20. The summed E-state index contributed by atoms with van der Waals surface area (Å²) < 4.78 is 0. The van der Waals surface area contributed by atoms with E-state index in [0.717, 1.165) is 0 Å². The first kappa shape index (κ1) is 32.7. The van der Waals surface area contributed by atoms with Crippen LogP contribution < -0.4 is 0 Å². The Bertz CT molecular complexity index is 3520. The Morgan fingerprint density at radius 3 is 1.19 bits per heavy atom. The molecule has 0 spiro atoms. The molecule has 0 bridgehead atoms. The Balaban J connectivity index is 1.21. The molecule has 268 valence electrons. The van der Waals surface area contributed by atoms with Crippen LogP contribution in [-0.4, -0.2) is 0 Å². The molecule has 0 saturated heterocycles. The Morgan fingerprint density at radius 2 is 0.586 bits per heavy atom. The summed E-state index contributed by atoms with van der Waals surface area (Å²) in [5, 5.41) is 17.8. The van der Waals surface area contributed by atoms with Crippen LogP contribution in [0.15, 0.2) is 218 Å². The number of rotatable bonds is 4. The summed E-state index contributed by atoms with van der Waals surface area (Å²) in [6.45, 7) is 0. The molecule has 0 fully saturated rings. The lowest BCUT2D eigenvalue weighted by Crippen LogP contribution is -1.94. The molecule has 0 aliphatic heterocycles. The van der Waals surface area contributed by atoms with Gasteiger partial charge < -0.3 is 0 Å². The largest absolute Gasteiger partial charge is 0.0622 e. The third-order valence-electron chi connectivity index (χ3n) is 12.4. The highest BCUT2D eigenvalue weighted by Gasteiger charge is 2.21. The monoisotopic (exact) mass is 732 g/mol. The van der Waals surface area contributed by atoms with Gasteiger partial charge >= 0.3 is 0 Å². The van der Waals surface area contributed by atoms with Crippen LogP contribution in [0.2, 0.25) is 0 Å². The molecule has 0 aliphatic rings. The molecule has 0 aromatic heterocycles. The lowest BCUT2D eigenvalue weighted by molar-refractivity contribution is 1.61. The smallest absolute Gasteiger partial charge is 0.00199 e. The van der Waals surface area contributed by atoms with E-state index in [-0.39, 0.29) is 0 Å². The maximum atomic E-state index is 2.47. The van der Waals surface area contributed by atoms with Crippen molar-refractivity contribution < 1.29 is 0 Å². The van der Waals surface area contributed by atoms with Crippen molar-refractivity contribution in [3.05, 3.63) is 218 Å². The molecule has 12 rings (SSSR count). The zero-order chi connectivity index (χ0) is 38.2. The van der Waals surface area contributed by atoms with Crippen molar-refractivity contribution in [3.63, 3.8) is 0 Å². The molecule has 0 heteroatoms. The molecular weight excluding hydrogens is 697 g/mol. The Hall–Kier alpha value is -7.54. The average Bonchev–Trinajstić information content (AvgIpc) is 3.30. The Morgan fingerprint density at radius 1 is 0.172 bits per heavy atom. The van der Waals surface area contributed by atoms with Crippen LogP contribution in [0.4, 0.5) is 0 Å². The average molecular weight is 733 g/mol. The third kappa shape index (κ3) is 4.95. The number of fused-ring (bicyclic) bond motifs is 11. The van der Waals surface area contributed by atoms with E-state index in [1.807, 2.05) is 0 Å². The van der Waals surface area contributed by atoms with Gasteiger partial charge in [-0.2, -0.15) is 0 Å². The first-order valence-corrected chi connectivity index (χ1v) is 20.2. The van der Waals surface area contributed by atoms with E-state index in [0.29, 0.717) is 0 Å². The SMILES string of the molecule is c1ccc(-c2c3ccccc3c(-c3cc(-c4ccc5c6ccccc6c6ccccc6c5c4)ccc3-c3cc4ccccc4c4ccccc34)c3ccccc23)cc1. The van der Waals surface area contributed by atoms with Gasteiger partial charge in [0.2, 0.25) is 0 Å². The number of hydrogen-bond acceptors (Lipinski definition) is 0. The van der Waals surface area contributed by atoms with Crippen molar-refractivity contribution in [2.45, 2.75) is 0 Å². The van der Waals surface area contributed by atoms with Crippen molar-refractivity contribution in [2.24, 2.45) is 0 Å². The molecule has 0 N–H and O–H groups in total. The molecule has 0 nitrogen and oxygen atoms in total. The summed E-state index contributed by atoms with van der Waals surface area (Å²) >= 11 is 0. The standard InChI is InChI=1S/C58H36/c1-2-16-37(17-3-1)57-50-26-12-14-28-52(50)58(53-29-15-13-27-51(53)57)56-35-39(31-33-49(56)55-36-40-18-4-5-19-41(40)42-20-6-10-24-46(42)55)38-30-32-48-45-23-8-7-21-43(45)44-22-9-11-25-47(44)54(48)34-38/h1-36H. The third-order valence-corrected chi connectivity index (χ3v) is 12.4. The molecule has 12 aromatic rings. The first-order chi connectivity index (χ1) is 28.8. The van der Waals surface area contributed by atoms with Crippen LogP contribution in [0, 0.1) is 0 Å². The highest BCUT2D eigenvalue weighted by atomic mass is 14.2. The number of hydrogen-bond donors (Lipinski definition) is 0. The van der Waals surface area contributed by atoms with Crippen molar-refractivity contribution in [2.75, 3.05) is 0 Å². The quantitative estimate of drug-likeness (QED) is 0.125. The number of benzene rings is 12. The van der Waals surface area contributed by atoms with Crippen LogP contribution in [0.25, 0.3) is 120 Å². The molecule has 0 atom stereocenters. The highest BCUT2D eigenvalue weighted by Crippen LogP contribution is 2.49. The molecule has 0 aliphatic carbocycles. The topological polar surface area (TPSA) is 0 Å². The fraction of sp³-hybridized carbons (Fsp3) is 0. The zero-order valence-corrected chi connectivity index (χ0v) is 31.8. The normalized spacial score (nSPS) is 11.8. The molecule has 58 heavy (non-hydrogen) atoms. The molecule has 0 unspecified atom stereocenters. The fourth-order valence-electron chi connectivity index (χ4n) is 9.86. The fourth-order valence-corrected chi connectivity index (χ4v) is 9.86. The lowest BCUT2D eigenvalue weighted by Gasteiger charge is -2.21. The van der Waals surface area contributed by atoms with E-state index < -0.39 is 0 Å². The van der Waals surface area contributed by atoms with Gasteiger partial charge in [0.25, 0.3) is 0 Å². The van der Waals surface area contributed by atoms with Gasteiger partial charge in [0.05, 0.1) is 0 Å². The second kappa shape index (κ2) is 13.0. The Kier molecular flexibility index (Phi) is 7.33. The zero-order valence-electron chi connectivity index (χ0n) is 31.8. The maximum Gasteiger partial charge on any atom is -0.00199 e. The van der Waals surface area contributed by atoms with Crippen molar-refractivity contribution in [3.8, 4) is 44.5 Å². The predicted octanol–water partition coefficient (Wildman–Crippen LogP) is 16.4. The Labute approximate surface area is 336 Å². The van der Waals surface area contributed by atoms with Crippen LogP contribution in [0.3, 0.4) is 0 Å². The van der Waals surface area contributed by atoms with E-state index in [1.165, 1.54) is 120 Å². The molecule has 0 heterocycles. The van der Waals surface area contributed by atoms with Gasteiger partial charge in [-0.15, -0.1) is 0 Å². The van der Waals surface area contributed by atoms with Crippen molar-refractivity contribution in [1.29, 1.82) is 0 Å². The summed E-state index contributed by atoms with van der Waals surface area (Å²) in [6, 6.07) is 81.0. The van der Waals surface area contributed by atoms with E-state index in [9.17, 15) is 0 Å². The van der Waals surface area contributed by atoms with E-state index >= 15 is 0 Å². The van der Waals surface area contributed by atoms with E-state index in [4.69, 9.17) is 0 Å². The summed E-state index contributed by atoms with van der Waals surface area (Å²) in [7, 11) is 0. The minimum Gasteiger partial charge on any atom is -0.0622 e. The van der Waals surface area contributed by atoms with Crippen LogP contribution in [-0.2, 0) is 0 Å². The van der Waals surface area contributed by atoms with Crippen LogP contribution in [0.1, 0.15) is 0 Å². The molecule has 0 radical (unpaired) electrons. The summed E-state index contributed by atoms with van der Waals surface area (Å²) in [6.07, 6.45) is 0. The highest BCUT2D eigenvalue weighted by molar-refractivity contribution is 6.27. The lowest BCUT2D eigenvalue weighted by atomic mass is 9.81. The second-order valence-corrected chi connectivity index (χ2v) is 15.5. The van der Waals surface area contributed by atoms with Gasteiger partial charge in [-0.3, -0.25) is 0 Å². The summed E-state index contributed by atoms with van der Waals surface area (Å²) in [5.74, 6) is 0. The van der Waals surface area contributed by atoms with Crippen LogP contribution in [0.5, 0.6) is 0 Å². The molecule has 0 saturated carbocycles. The first-order valence-electron chi connectivity index (χ1n) is 20.2. The van der Waals surface area contributed by atoms with E-state index in [2.05, 4.69) is 218 Å². The second-order valence-electron chi connectivity index (χ2n) is 15.5. The summed E-state index contributed by atoms with van der Waals surface area (Å²) in [4.78, 5) is 0. The van der Waals surface area contributed by atoms with Gasteiger partial charge in [-0.05, 0) is 138 Å². The molecule has 0 amide bonds. The van der Waals surface area contributed by atoms with Gasteiger partial charge in [0.15, 0.2) is 0 Å². The summed E-state index contributed by atoms with van der Waals surface area (Å²) in [5.41, 5.74) is 9.87. The van der Waals surface area contributed by atoms with E-state index in [1.54, 1.807) is 0 Å². The van der Waals surface area contributed by atoms with Gasteiger partial charge in [-0.25, -0.2) is 0 Å². The predicted molar refractivity (Wildman–Crippen MR) is 251 cm³/mol. The minimum atomic E-state index is 1.20.